The number of carboxylic acids is 3. The third-order valence-corrected chi connectivity index (χ3v) is 6.85. The third-order valence-electron chi connectivity index (χ3n) is 5.85. The van der Waals surface area contributed by atoms with Gasteiger partial charge in [0.25, 0.3) is 0 Å². The first-order valence-electron chi connectivity index (χ1n) is 13.4. The molecular formula is C28H46N6O7S. The maximum absolute atomic E-state index is 10.3. The number of nitrogens with zero attached hydrogens (tertiary/aromatic N) is 6. The largest absolute Gasteiger partial charge is 0.481 e. The SMILES string of the molecule is Cc1ccc(SCCN(/C(=N\C#N)N(CCN(C)C)CCN(C)C)C(C)C)cc1.O=C(O)CC(O)(CC(=O)O)C(=O)O. The van der Waals surface area contributed by atoms with Crippen LogP contribution >= 0.6 is 11.8 Å². The van der Waals surface area contributed by atoms with E-state index in [1.807, 2.05) is 18.0 Å². The van der Waals surface area contributed by atoms with E-state index in [4.69, 9.17) is 20.4 Å². The summed E-state index contributed by atoms with van der Waals surface area (Å²) in [6, 6.07) is 8.90. The summed E-state index contributed by atoms with van der Waals surface area (Å²) in [5, 5.41) is 43.2. The Hall–Kier alpha value is -3.38. The first kappa shape index (κ1) is 38.6. The van der Waals surface area contributed by atoms with Crippen molar-refractivity contribution in [3.63, 3.8) is 0 Å². The van der Waals surface area contributed by atoms with E-state index in [1.54, 1.807) is 0 Å². The molecule has 1 rings (SSSR count). The zero-order valence-corrected chi connectivity index (χ0v) is 26.5. The van der Waals surface area contributed by atoms with Gasteiger partial charge in [-0.2, -0.15) is 5.26 Å². The Morgan fingerprint density at radius 3 is 1.74 bits per heavy atom. The van der Waals surface area contributed by atoms with Crippen molar-refractivity contribution in [1.82, 2.24) is 19.6 Å². The van der Waals surface area contributed by atoms with Gasteiger partial charge in [-0.25, -0.2) is 4.79 Å². The maximum Gasteiger partial charge on any atom is 0.336 e. The van der Waals surface area contributed by atoms with E-state index in [-0.39, 0.29) is 6.04 Å². The number of carboxylic acid groups (broad SMARTS) is 3. The van der Waals surface area contributed by atoms with Crippen molar-refractivity contribution in [3.05, 3.63) is 29.8 Å². The lowest BCUT2D eigenvalue weighted by Gasteiger charge is -2.37. The molecule has 1 aromatic rings. The predicted octanol–water partition coefficient (Wildman–Crippen LogP) is 1.81. The molecule has 0 aromatic heterocycles. The zero-order chi connectivity index (χ0) is 32.5. The molecule has 0 amide bonds. The second-order valence-electron chi connectivity index (χ2n) is 10.5. The molecule has 0 atom stereocenters. The normalized spacial score (nSPS) is 11.6. The van der Waals surface area contributed by atoms with Gasteiger partial charge in [0.15, 0.2) is 5.60 Å². The van der Waals surface area contributed by atoms with Crippen LogP contribution in [0, 0.1) is 18.4 Å². The van der Waals surface area contributed by atoms with Gasteiger partial charge in [-0.1, -0.05) is 17.7 Å². The van der Waals surface area contributed by atoms with E-state index in [1.165, 1.54) is 10.5 Å². The van der Waals surface area contributed by atoms with Crippen LogP contribution in [0.1, 0.15) is 32.3 Å². The monoisotopic (exact) mass is 610 g/mol. The summed E-state index contributed by atoms with van der Waals surface area (Å²) >= 11 is 1.84. The number of thioether (sulfide) groups is 1. The highest BCUT2D eigenvalue weighted by atomic mass is 32.2. The van der Waals surface area contributed by atoms with Crippen LogP contribution < -0.4 is 0 Å². The Morgan fingerprint density at radius 2 is 1.38 bits per heavy atom. The van der Waals surface area contributed by atoms with Crippen molar-refractivity contribution in [3.8, 4) is 6.19 Å². The fraction of sp³-hybridized carbons (Fsp3) is 0.607. The topological polar surface area (TPSA) is 181 Å². The minimum absolute atomic E-state index is 0.266. The number of guanidine groups is 1. The van der Waals surface area contributed by atoms with Crippen LogP contribution in [0.3, 0.4) is 0 Å². The molecule has 14 heteroatoms. The Balaban J connectivity index is 0.00000108. The van der Waals surface area contributed by atoms with Crippen molar-refractivity contribution in [2.75, 3.05) is 66.7 Å². The summed E-state index contributed by atoms with van der Waals surface area (Å²) in [6.45, 7) is 10.8. The van der Waals surface area contributed by atoms with Gasteiger partial charge in [-0.3, -0.25) is 9.59 Å². The van der Waals surface area contributed by atoms with Crippen LogP contribution in [-0.4, -0.2) is 142 Å². The van der Waals surface area contributed by atoms with Crippen LogP contribution in [-0.2, 0) is 14.4 Å². The van der Waals surface area contributed by atoms with Gasteiger partial charge in [0.05, 0.1) is 12.8 Å². The molecule has 0 aliphatic heterocycles. The van der Waals surface area contributed by atoms with Crippen molar-refractivity contribution >= 4 is 35.6 Å². The number of likely N-dealkylation sites (N-methyl/N-ethyl adjacent to an activating group) is 2. The average Bonchev–Trinajstić information content (AvgIpc) is 2.86. The molecule has 1 aromatic carbocycles. The molecule has 0 bridgehead atoms. The molecule has 0 unspecified atom stereocenters. The Morgan fingerprint density at radius 1 is 0.905 bits per heavy atom. The van der Waals surface area contributed by atoms with Crippen LogP contribution in [0.2, 0.25) is 0 Å². The highest BCUT2D eigenvalue weighted by Crippen LogP contribution is 2.19. The highest BCUT2D eigenvalue weighted by molar-refractivity contribution is 7.99. The Bertz CT molecular complexity index is 1030. The second-order valence-corrected chi connectivity index (χ2v) is 11.7. The third kappa shape index (κ3) is 16.2. The van der Waals surface area contributed by atoms with Gasteiger partial charge in [-0.15, -0.1) is 16.8 Å². The van der Waals surface area contributed by atoms with Gasteiger partial charge in [0, 0.05) is 49.4 Å². The van der Waals surface area contributed by atoms with E-state index in [2.05, 4.69) is 97.8 Å². The lowest BCUT2D eigenvalue weighted by atomic mass is 9.96. The summed E-state index contributed by atoms with van der Waals surface area (Å²) in [6.07, 6.45) is -0.245. The number of aliphatic imine (C=N–C) groups is 1. The molecule has 4 N–H and O–H groups in total. The van der Waals surface area contributed by atoms with Crippen LogP contribution in [0.15, 0.2) is 34.2 Å². The summed E-state index contributed by atoms with van der Waals surface area (Å²) in [4.78, 5) is 44.9. The quantitative estimate of drug-likeness (QED) is 0.0921. The molecule has 42 heavy (non-hydrogen) atoms. The van der Waals surface area contributed by atoms with Crippen LogP contribution in [0.25, 0.3) is 0 Å². The molecule has 13 nitrogen and oxygen atoms in total. The van der Waals surface area contributed by atoms with Gasteiger partial charge in [0.2, 0.25) is 12.2 Å². The van der Waals surface area contributed by atoms with E-state index in [9.17, 15) is 19.6 Å². The van der Waals surface area contributed by atoms with E-state index < -0.39 is 36.4 Å². The first-order valence-corrected chi connectivity index (χ1v) is 14.4. The predicted molar refractivity (Wildman–Crippen MR) is 163 cm³/mol. The van der Waals surface area contributed by atoms with Gasteiger partial charge in [0.1, 0.15) is 0 Å². The summed E-state index contributed by atoms with van der Waals surface area (Å²) in [7, 11) is 8.29. The van der Waals surface area contributed by atoms with E-state index >= 15 is 0 Å². The minimum Gasteiger partial charge on any atom is -0.481 e. The number of benzene rings is 1. The fourth-order valence-electron chi connectivity index (χ4n) is 3.51. The molecular weight excluding hydrogens is 564 g/mol. The van der Waals surface area contributed by atoms with Crippen molar-refractivity contribution < 1.29 is 34.8 Å². The van der Waals surface area contributed by atoms with E-state index in [0.717, 1.165) is 44.4 Å². The molecule has 0 spiro atoms. The standard InChI is InChI=1S/C22H38N6S.C6H8O7/c1-19(2)28(16-17-29-21-10-8-20(3)9-11-21)22(24-18-23)27(14-12-25(4)5)15-13-26(6)7;7-3(8)1-6(13,5(11)12)2-4(9)10/h8-11,19H,12-17H2,1-7H3;13H,1-2H2,(H,7,8)(H,9,10)(H,11,12)/b24-22-;. The molecule has 0 fully saturated rings. The summed E-state index contributed by atoms with van der Waals surface area (Å²) in [5.74, 6) is -3.29. The molecule has 0 saturated heterocycles. The number of aryl methyl sites for hydroxylation is 1. The number of rotatable bonds is 16. The lowest BCUT2D eigenvalue weighted by molar-refractivity contribution is -0.170. The first-order chi connectivity index (χ1) is 19.5. The number of aliphatic carboxylic acids is 3. The smallest absolute Gasteiger partial charge is 0.336 e. The van der Waals surface area contributed by atoms with Crippen molar-refractivity contribution in [2.45, 2.75) is 50.2 Å². The molecule has 236 valence electrons. The Labute approximate surface area is 253 Å². The second kappa shape index (κ2) is 19.7. The van der Waals surface area contributed by atoms with Gasteiger partial charge < -0.3 is 40.0 Å². The van der Waals surface area contributed by atoms with Crippen LogP contribution in [0.5, 0.6) is 0 Å². The maximum atomic E-state index is 10.3. The van der Waals surface area contributed by atoms with Gasteiger partial charge in [-0.05, 0) is 61.1 Å². The average molecular weight is 611 g/mol. The Kier molecular flexibility index (Phi) is 18.1. The zero-order valence-electron chi connectivity index (χ0n) is 25.6. The number of nitriles is 1. The highest BCUT2D eigenvalue weighted by Gasteiger charge is 2.40. The van der Waals surface area contributed by atoms with E-state index in [0.29, 0.717) is 0 Å². The molecule has 0 saturated carbocycles. The molecule has 0 aliphatic rings. The summed E-state index contributed by atoms with van der Waals surface area (Å²) in [5.41, 5.74) is -1.46. The number of hydrogen-bond acceptors (Lipinski definition) is 9. The fourth-order valence-corrected chi connectivity index (χ4v) is 4.37. The minimum atomic E-state index is -2.74. The number of carbonyl (C=O) groups is 3. The van der Waals surface area contributed by atoms with Crippen molar-refractivity contribution in [1.29, 1.82) is 5.26 Å². The molecule has 0 heterocycles. The lowest BCUT2D eigenvalue weighted by Crippen LogP contribution is -2.51. The van der Waals surface area contributed by atoms with Crippen molar-refractivity contribution in [2.24, 2.45) is 4.99 Å². The summed E-state index contributed by atoms with van der Waals surface area (Å²) < 4.78 is 0. The number of aliphatic hydroxyl groups is 1. The number of hydrogen-bond donors (Lipinski definition) is 4. The van der Waals surface area contributed by atoms with Gasteiger partial charge >= 0.3 is 17.9 Å². The molecule has 0 aliphatic carbocycles. The van der Waals surface area contributed by atoms with Crippen LogP contribution in [0.4, 0.5) is 0 Å². The molecule has 0 radical (unpaired) electrons.